The minimum atomic E-state index is -0.138. The lowest BCUT2D eigenvalue weighted by Crippen LogP contribution is -2.15. The van der Waals surface area contributed by atoms with Crippen molar-refractivity contribution in [3.63, 3.8) is 0 Å². The fourth-order valence-electron chi connectivity index (χ4n) is 3.50. The molecule has 2 aromatic heterocycles. The number of para-hydroxylation sites is 1. The van der Waals surface area contributed by atoms with Gasteiger partial charge in [0.25, 0.3) is 0 Å². The van der Waals surface area contributed by atoms with E-state index in [-0.39, 0.29) is 6.04 Å². The maximum Gasteiger partial charge on any atom is 0.100 e. The van der Waals surface area contributed by atoms with E-state index in [0.717, 1.165) is 39.1 Å². The molecular weight excluding hydrogens is 320 g/mol. The van der Waals surface area contributed by atoms with Gasteiger partial charge in [-0.2, -0.15) is 5.10 Å². The quantitative estimate of drug-likeness (QED) is 0.605. The van der Waals surface area contributed by atoms with Gasteiger partial charge in [0.1, 0.15) is 5.69 Å². The lowest BCUT2D eigenvalue weighted by atomic mass is 9.94. The van der Waals surface area contributed by atoms with Gasteiger partial charge in [0.15, 0.2) is 0 Å². The zero-order valence-electron chi connectivity index (χ0n) is 15.1. The third-order valence-corrected chi connectivity index (χ3v) is 4.75. The minimum Gasteiger partial charge on any atom is -0.324 e. The maximum atomic E-state index is 6.59. The van der Waals surface area contributed by atoms with E-state index in [9.17, 15) is 0 Å². The van der Waals surface area contributed by atoms with E-state index >= 15 is 0 Å². The summed E-state index contributed by atoms with van der Waals surface area (Å²) in [6.45, 7) is 2.00. The van der Waals surface area contributed by atoms with Crippen LogP contribution in [0.5, 0.6) is 0 Å². The van der Waals surface area contributed by atoms with E-state index in [2.05, 4.69) is 29.2 Å². The lowest BCUT2D eigenvalue weighted by molar-refractivity contribution is 0.705. The molecular formula is C22H22N4. The molecule has 2 heterocycles. The van der Waals surface area contributed by atoms with Crippen molar-refractivity contribution in [3.05, 3.63) is 83.7 Å². The maximum absolute atomic E-state index is 6.59. The highest BCUT2D eigenvalue weighted by atomic mass is 15.3. The SMILES string of the molecule is Cc1cccc(CC(N)c2ccccc2-c2nn(C)c3ccccc23)n1. The molecule has 1 atom stereocenters. The second-order valence-electron chi connectivity index (χ2n) is 6.66. The number of benzene rings is 2. The topological polar surface area (TPSA) is 56.7 Å². The number of aryl methyl sites for hydroxylation is 2. The molecule has 0 radical (unpaired) electrons. The van der Waals surface area contributed by atoms with Crippen LogP contribution in [0.2, 0.25) is 0 Å². The van der Waals surface area contributed by atoms with Gasteiger partial charge in [-0.25, -0.2) is 0 Å². The molecule has 4 aromatic rings. The van der Waals surface area contributed by atoms with Crippen LogP contribution in [0.1, 0.15) is 23.0 Å². The van der Waals surface area contributed by atoms with Gasteiger partial charge in [0.05, 0.1) is 5.52 Å². The van der Waals surface area contributed by atoms with E-state index in [1.165, 1.54) is 0 Å². The first-order valence-electron chi connectivity index (χ1n) is 8.82. The molecule has 1 unspecified atom stereocenters. The van der Waals surface area contributed by atoms with Crippen molar-refractivity contribution in [1.82, 2.24) is 14.8 Å². The van der Waals surface area contributed by atoms with Crippen LogP contribution in [0.4, 0.5) is 0 Å². The molecule has 0 bridgehead atoms. The van der Waals surface area contributed by atoms with Crippen molar-refractivity contribution in [2.45, 2.75) is 19.4 Å². The van der Waals surface area contributed by atoms with Crippen LogP contribution in [0, 0.1) is 6.92 Å². The molecule has 0 spiro atoms. The summed E-state index contributed by atoms with van der Waals surface area (Å²) in [4.78, 5) is 4.60. The summed E-state index contributed by atoms with van der Waals surface area (Å²) in [7, 11) is 1.98. The fourth-order valence-corrected chi connectivity index (χ4v) is 3.50. The van der Waals surface area contributed by atoms with Crippen LogP contribution in [0.15, 0.2) is 66.7 Å². The molecule has 26 heavy (non-hydrogen) atoms. The van der Waals surface area contributed by atoms with Crippen LogP contribution in [-0.4, -0.2) is 14.8 Å². The second kappa shape index (κ2) is 6.73. The third-order valence-electron chi connectivity index (χ3n) is 4.75. The number of nitrogens with two attached hydrogens (primary N) is 1. The van der Waals surface area contributed by atoms with Crippen molar-refractivity contribution < 1.29 is 0 Å². The average Bonchev–Trinajstić information content (AvgIpc) is 2.99. The standard InChI is InChI=1S/C22H22N4/c1-15-8-7-9-16(24-15)14-20(23)17-10-3-4-11-18(17)22-19-12-5-6-13-21(19)26(2)25-22/h3-13,20H,14,23H2,1-2H3. The largest absolute Gasteiger partial charge is 0.324 e. The van der Waals surface area contributed by atoms with Gasteiger partial charge in [0.2, 0.25) is 0 Å². The molecule has 2 aromatic carbocycles. The highest BCUT2D eigenvalue weighted by Crippen LogP contribution is 2.32. The van der Waals surface area contributed by atoms with Crippen molar-refractivity contribution >= 4 is 10.9 Å². The van der Waals surface area contributed by atoms with Gasteiger partial charge < -0.3 is 5.73 Å². The molecule has 0 aliphatic heterocycles. The van der Waals surface area contributed by atoms with Crippen molar-refractivity contribution in [3.8, 4) is 11.3 Å². The van der Waals surface area contributed by atoms with Gasteiger partial charge in [-0.3, -0.25) is 9.67 Å². The van der Waals surface area contributed by atoms with Crippen LogP contribution < -0.4 is 5.73 Å². The minimum absolute atomic E-state index is 0.138. The Balaban J connectivity index is 1.77. The molecule has 0 saturated heterocycles. The lowest BCUT2D eigenvalue weighted by Gasteiger charge is -2.16. The summed E-state index contributed by atoms with van der Waals surface area (Å²) >= 11 is 0. The molecule has 0 amide bonds. The number of pyridine rings is 1. The molecule has 4 rings (SSSR count). The first-order valence-corrected chi connectivity index (χ1v) is 8.82. The molecule has 4 nitrogen and oxygen atoms in total. The van der Waals surface area contributed by atoms with Gasteiger partial charge in [0, 0.05) is 41.8 Å². The average molecular weight is 342 g/mol. The fraction of sp³-hybridized carbons (Fsp3) is 0.182. The Bertz CT molecular complexity index is 1060. The third kappa shape index (κ3) is 3.00. The summed E-state index contributed by atoms with van der Waals surface area (Å²) in [6, 6.07) is 22.5. The van der Waals surface area contributed by atoms with E-state index in [1.807, 2.05) is 61.1 Å². The van der Waals surface area contributed by atoms with Crippen LogP contribution in [0.25, 0.3) is 22.2 Å². The molecule has 0 saturated carbocycles. The van der Waals surface area contributed by atoms with Crippen LogP contribution in [0.3, 0.4) is 0 Å². The number of aromatic nitrogens is 3. The Morgan fingerprint density at radius 2 is 1.73 bits per heavy atom. The number of hydrogen-bond donors (Lipinski definition) is 1. The molecule has 2 N–H and O–H groups in total. The molecule has 130 valence electrons. The predicted molar refractivity (Wildman–Crippen MR) is 106 cm³/mol. The smallest absolute Gasteiger partial charge is 0.100 e. The summed E-state index contributed by atoms with van der Waals surface area (Å²) < 4.78 is 1.93. The number of rotatable bonds is 4. The van der Waals surface area contributed by atoms with E-state index < -0.39 is 0 Å². The molecule has 0 aliphatic carbocycles. The molecule has 4 heteroatoms. The Labute approximate surface area is 153 Å². The first kappa shape index (κ1) is 16.5. The van der Waals surface area contributed by atoms with Crippen LogP contribution >= 0.6 is 0 Å². The van der Waals surface area contributed by atoms with Crippen molar-refractivity contribution in [2.75, 3.05) is 0 Å². The van der Waals surface area contributed by atoms with Gasteiger partial charge >= 0.3 is 0 Å². The van der Waals surface area contributed by atoms with Crippen molar-refractivity contribution in [1.29, 1.82) is 0 Å². The Kier molecular flexibility index (Phi) is 4.27. The monoisotopic (exact) mass is 342 g/mol. The molecule has 0 aliphatic rings. The van der Waals surface area contributed by atoms with E-state index in [1.54, 1.807) is 0 Å². The first-order chi connectivity index (χ1) is 12.6. The van der Waals surface area contributed by atoms with Crippen LogP contribution in [-0.2, 0) is 13.5 Å². The normalized spacial score (nSPS) is 12.4. The Hall–Kier alpha value is -2.98. The Morgan fingerprint density at radius 3 is 2.58 bits per heavy atom. The number of hydrogen-bond acceptors (Lipinski definition) is 3. The van der Waals surface area contributed by atoms with Gasteiger partial charge in [-0.15, -0.1) is 0 Å². The number of nitrogens with zero attached hydrogens (tertiary/aromatic N) is 3. The second-order valence-corrected chi connectivity index (χ2v) is 6.66. The van der Waals surface area contributed by atoms with Gasteiger partial charge in [-0.1, -0.05) is 48.5 Å². The van der Waals surface area contributed by atoms with E-state index in [4.69, 9.17) is 10.8 Å². The summed E-state index contributed by atoms with van der Waals surface area (Å²) in [6.07, 6.45) is 0.698. The van der Waals surface area contributed by atoms with E-state index in [0.29, 0.717) is 6.42 Å². The Morgan fingerprint density at radius 1 is 0.962 bits per heavy atom. The highest BCUT2D eigenvalue weighted by molar-refractivity contribution is 5.94. The molecule has 0 fully saturated rings. The van der Waals surface area contributed by atoms with Crippen molar-refractivity contribution in [2.24, 2.45) is 12.8 Å². The zero-order valence-corrected chi connectivity index (χ0v) is 15.1. The summed E-state index contributed by atoms with van der Waals surface area (Å²) in [5.41, 5.74) is 12.9. The predicted octanol–water partition coefficient (Wildman–Crippen LogP) is 4.19. The van der Waals surface area contributed by atoms with Gasteiger partial charge in [-0.05, 0) is 30.7 Å². The summed E-state index contributed by atoms with van der Waals surface area (Å²) in [5, 5.41) is 5.91. The zero-order chi connectivity index (χ0) is 18.1. The highest BCUT2D eigenvalue weighted by Gasteiger charge is 2.17. The number of fused-ring (bicyclic) bond motifs is 1. The summed E-state index contributed by atoms with van der Waals surface area (Å²) in [5.74, 6) is 0.